The Morgan fingerprint density at radius 3 is 2.27 bits per heavy atom. The quantitative estimate of drug-likeness (QED) is 0.771. The summed E-state index contributed by atoms with van der Waals surface area (Å²) in [5, 5.41) is 2.55. The van der Waals surface area contributed by atoms with Crippen molar-refractivity contribution in [2.24, 2.45) is 0 Å². The third kappa shape index (κ3) is 6.97. The lowest BCUT2D eigenvalue weighted by Crippen LogP contribution is -2.38. The average molecular weight is 331 g/mol. The lowest BCUT2D eigenvalue weighted by Gasteiger charge is -2.20. The molecule has 8 heteroatoms. The number of hydrogen-bond donors (Lipinski definition) is 1. The second-order valence-electron chi connectivity index (χ2n) is 5.31. The summed E-state index contributed by atoms with van der Waals surface area (Å²) >= 11 is 0. The molecule has 0 radical (unpaired) electrons. The third-order valence-corrected chi connectivity index (χ3v) is 4.18. The Morgan fingerprint density at radius 2 is 1.77 bits per heavy atom. The maximum Gasteiger partial charge on any atom is 0.239 e. The molecule has 6 nitrogen and oxygen atoms in total. The highest BCUT2D eigenvalue weighted by Gasteiger charge is 2.19. The number of halogens is 1. The Morgan fingerprint density at radius 1 is 1.18 bits per heavy atom. The summed E-state index contributed by atoms with van der Waals surface area (Å²) in [7, 11) is 0.327. The fourth-order valence-electron chi connectivity index (χ4n) is 1.82. The standard InChI is InChI=1S/C14H22FN3O3S/c1-17(2)9-4-10-18(22(3,20)21)11-14(19)16-13-7-5-12(15)6-8-13/h5-8H,4,9-11H2,1-3H3,(H,16,19). The third-order valence-electron chi connectivity index (χ3n) is 2.93. The largest absolute Gasteiger partial charge is 0.325 e. The average Bonchev–Trinajstić information content (AvgIpc) is 2.39. The van der Waals surface area contributed by atoms with Gasteiger partial charge in [-0.15, -0.1) is 0 Å². The molecule has 1 rings (SSSR count). The maximum atomic E-state index is 12.8. The topological polar surface area (TPSA) is 69.7 Å². The van der Waals surface area contributed by atoms with Crippen molar-refractivity contribution in [1.29, 1.82) is 0 Å². The smallest absolute Gasteiger partial charge is 0.239 e. The van der Waals surface area contributed by atoms with Crippen LogP contribution in [0.25, 0.3) is 0 Å². The van der Waals surface area contributed by atoms with E-state index in [0.29, 0.717) is 12.1 Å². The molecule has 0 unspecified atom stereocenters. The van der Waals surface area contributed by atoms with Crippen molar-refractivity contribution in [2.45, 2.75) is 6.42 Å². The molecule has 1 aromatic carbocycles. The van der Waals surface area contributed by atoms with Crippen molar-refractivity contribution in [3.63, 3.8) is 0 Å². The molecule has 0 aliphatic carbocycles. The Kier molecular flexibility index (Phi) is 6.92. The first-order chi connectivity index (χ1) is 10.2. The Labute approximate surface area is 131 Å². The summed E-state index contributed by atoms with van der Waals surface area (Å²) in [6.07, 6.45) is 1.71. The molecule has 0 spiro atoms. The molecule has 0 saturated heterocycles. The van der Waals surface area contributed by atoms with Crippen molar-refractivity contribution >= 4 is 21.6 Å². The minimum absolute atomic E-state index is 0.260. The number of benzene rings is 1. The molecule has 0 fully saturated rings. The zero-order chi connectivity index (χ0) is 16.8. The van der Waals surface area contributed by atoms with Gasteiger partial charge in [0.15, 0.2) is 0 Å². The van der Waals surface area contributed by atoms with Gasteiger partial charge in [-0.1, -0.05) is 0 Å². The SMILES string of the molecule is CN(C)CCCN(CC(=O)Nc1ccc(F)cc1)S(C)(=O)=O. The number of carbonyl (C=O) groups is 1. The van der Waals surface area contributed by atoms with Crippen LogP contribution in [0, 0.1) is 5.82 Å². The number of sulfonamides is 1. The molecule has 0 atom stereocenters. The summed E-state index contributed by atoms with van der Waals surface area (Å²) in [6.45, 7) is 0.739. The van der Waals surface area contributed by atoms with Gasteiger partial charge in [-0.2, -0.15) is 4.31 Å². The first-order valence-electron chi connectivity index (χ1n) is 6.84. The molecule has 0 saturated carbocycles. The predicted octanol–water partition coefficient (Wildman–Crippen LogP) is 0.977. The second kappa shape index (κ2) is 8.21. The van der Waals surface area contributed by atoms with E-state index in [1.165, 1.54) is 24.3 Å². The Hall–Kier alpha value is -1.51. The summed E-state index contributed by atoms with van der Waals surface area (Å²) in [4.78, 5) is 13.9. The van der Waals surface area contributed by atoms with Crippen LogP contribution < -0.4 is 5.32 Å². The number of hydrogen-bond acceptors (Lipinski definition) is 4. The van der Waals surface area contributed by atoms with Gasteiger partial charge in [0.2, 0.25) is 15.9 Å². The zero-order valence-electron chi connectivity index (χ0n) is 13.0. The molecular weight excluding hydrogens is 309 g/mol. The molecule has 0 aromatic heterocycles. The van der Waals surface area contributed by atoms with Gasteiger partial charge in [0, 0.05) is 12.2 Å². The van der Waals surface area contributed by atoms with Gasteiger partial charge in [-0.05, 0) is 51.3 Å². The summed E-state index contributed by atoms with van der Waals surface area (Å²) in [5.74, 6) is -0.860. The summed E-state index contributed by atoms with van der Waals surface area (Å²) in [5.41, 5.74) is 0.424. The molecule has 1 aromatic rings. The molecule has 1 N–H and O–H groups in total. The van der Waals surface area contributed by atoms with Crippen LogP contribution >= 0.6 is 0 Å². The van der Waals surface area contributed by atoms with Gasteiger partial charge in [0.05, 0.1) is 12.8 Å². The highest BCUT2D eigenvalue weighted by atomic mass is 32.2. The van der Waals surface area contributed by atoms with Crippen LogP contribution in [0.1, 0.15) is 6.42 Å². The van der Waals surface area contributed by atoms with Crippen LogP contribution in [0.5, 0.6) is 0 Å². The van der Waals surface area contributed by atoms with E-state index < -0.39 is 21.7 Å². The predicted molar refractivity (Wildman–Crippen MR) is 84.6 cm³/mol. The van der Waals surface area contributed by atoms with E-state index in [0.717, 1.165) is 17.1 Å². The van der Waals surface area contributed by atoms with E-state index >= 15 is 0 Å². The van der Waals surface area contributed by atoms with Gasteiger partial charge in [0.1, 0.15) is 5.82 Å². The van der Waals surface area contributed by atoms with Crippen LogP contribution in [0.15, 0.2) is 24.3 Å². The number of carbonyl (C=O) groups excluding carboxylic acids is 1. The molecule has 0 aliphatic rings. The van der Waals surface area contributed by atoms with E-state index in [4.69, 9.17) is 0 Å². The molecule has 22 heavy (non-hydrogen) atoms. The van der Waals surface area contributed by atoms with Crippen LogP contribution in [0.2, 0.25) is 0 Å². The Balaban J connectivity index is 2.60. The molecule has 0 aliphatic heterocycles. The van der Waals surface area contributed by atoms with E-state index in [-0.39, 0.29) is 13.1 Å². The van der Waals surface area contributed by atoms with Crippen molar-refractivity contribution in [2.75, 3.05) is 45.3 Å². The van der Waals surface area contributed by atoms with Crippen LogP contribution in [-0.2, 0) is 14.8 Å². The molecule has 0 bridgehead atoms. The molecule has 1 amide bonds. The number of anilines is 1. The van der Waals surface area contributed by atoms with Crippen molar-refractivity contribution < 1.29 is 17.6 Å². The fourth-order valence-corrected chi connectivity index (χ4v) is 2.63. The van der Waals surface area contributed by atoms with Crippen LogP contribution in [-0.4, -0.2) is 63.5 Å². The van der Waals surface area contributed by atoms with Crippen molar-refractivity contribution in [3.8, 4) is 0 Å². The number of nitrogens with zero attached hydrogens (tertiary/aromatic N) is 2. The number of rotatable bonds is 8. The minimum Gasteiger partial charge on any atom is -0.325 e. The summed E-state index contributed by atoms with van der Waals surface area (Å²) in [6, 6.07) is 5.29. The summed E-state index contributed by atoms with van der Waals surface area (Å²) < 4.78 is 37.4. The van der Waals surface area contributed by atoms with Gasteiger partial charge in [-0.25, -0.2) is 12.8 Å². The highest BCUT2D eigenvalue weighted by molar-refractivity contribution is 7.88. The normalized spacial score (nSPS) is 11.9. The first kappa shape index (κ1) is 18.5. The molecule has 124 valence electrons. The monoisotopic (exact) mass is 331 g/mol. The minimum atomic E-state index is -3.46. The first-order valence-corrected chi connectivity index (χ1v) is 8.68. The fraction of sp³-hybridized carbons (Fsp3) is 0.500. The Bertz CT molecular complexity index is 588. The molecular formula is C14H22FN3O3S. The van der Waals surface area contributed by atoms with Gasteiger partial charge >= 0.3 is 0 Å². The van der Waals surface area contributed by atoms with Gasteiger partial charge in [0.25, 0.3) is 0 Å². The number of amides is 1. The maximum absolute atomic E-state index is 12.8. The lowest BCUT2D eigenvalue weighted by molar-refractivity contribution is -0.116. The van der Waals surface area contributed by atoms with E-state index in [2.05, 4.69) is 5.32 Å². The van der Waals surface area contributed by atoms with E-state index in [1.807, 2.05) is 19.0 Å². The van der Waals surface area contributed by atoms with Gasteiger partial charge in [-0.3, -0.25) is 4.79 Å². The zero-order valence-corrected chi connectivity index (χ0v) is 13.9. The van der Waals surface area contributed by atoms with Gasteiger partial charge < -0.3 is 10.2 Å². The molecule has 0 heterocycles. The van der Waals surface area contributed by atoms with Crippen molar-refractivity contribution in [3.05, 3.63) is 30.1 Å². The second-order valence-corrected chi connectivity index (χ2v) is 7.29. The van der Waals surface area contributed by atoms with Crippen LogP contribution in [0.4, 0.5) is 10.1 Å². The lowest BCUT2D eigenvalue weighted by atomic mass is 10.3. The van der Waals surface area contributed by atoms with Crippen molar-refractivity contribution in [1.82, 2.24) is 9.21 Å². The number of nitrogens with one attached hydrogen (secondary N) is 1. The van der Waals surface area contributed by atoms with Crippen LogP contribution in [0.3, 0.4) is 0 Å². The highest BCUT2D eigenvalue weighted by Crippen LogP contribution is 2.09. The van der Waals surface area contributed by atoms with E-state index in [9.17, 15) is 17.6 Å². The van der Waals surface area contributed by atoms with E-state index in [1.54, 1.807) is 0 Å².